The number of hydrogen-bond acceptors (Lipinski definition) is 6. The van der Waals surface area contributed by atoms with Crippen molar-refractivity contribution in [3.05, 3.63) is 51.3 Å². The highest BCUT2D eigenvalue weighted by Crippen LogP contribution is 2.14. The van der Waals surface area contributed by atoms with Crippen LogP contribution in [0.5, 0.6) is 0 Å². The zero-order chi connectivity index (χ0) is 13.8. The van der Waals surface area contributed by atoms with E-state index in [9.17, 15) is 10.0 Å². The molecule has 0 fully saturated rings. The number of nitrogens with one attached hydrogen (secondary N) is 1. The first-order valence-corrected chi connectivity index (χ1v) is 5.62. The van der Waals surface area contributed by atoms with Crippen LogP contribution in [-0.4, -0.2) is 31.7 Å². The molecule has 19 heavy (non-hydrogen) atoms. The second kappa shape index (κ2) is 5.65. The van der Waals surface area contributed by atoms with Crippen molar-refractivity contribution in [1.29, 1.82) is 0 Å². The van der Waals surface area contributed by atoms with Crippen molar-refractivity contribution in [2.24, 2.45) is 0 Å². The zero-order valence-corrected chi connectivity index (χ0v) is 9.98. The van der Waals surface area contributed by atoms with Gasteiger partial charge < -0.3 is 15.5 Å². The molecule has 0 saturated carbocycles. The van der Waals surface area contributed by atoms with Crippen molar-refractivity contribution in [2.75, 3.05) is 11.8 Å². The lowest BCUT2D eigenvalue weighted by molar-refractivity contribution is 0.272. The van der Waals surface area contributed by atoms with Crippen LogP contribution in [0.1, 0.15) is 11.4 Å². The van der Waals surface area contributed by atoms with E-state index in [1.165, 1.54) is 16.7 Å². The summed E-state index contributed by atoms with van der Waals surface area (Å²) in [4.78, 5) is 11.4. The number of aromatic amines is 1. The summed E-state index contributed by atoms with van der Waals surface area (Å²) in [5.74, 6) is 0.495. The van der Waals surface area contributed by atoms with Crippen molar-refractivity contribution >= 4 is 5.69 Å². The lowest BCUT2D eigenvalue weighted by Crippen LogP contribution is -2.20. The summed E-state index contributed by atoms with van der Waals surface area (Å²) in [6.45, 7) is 0.0226. The molecule has 1 heterocycles. The Labute approximate surface area is 108 Å². The average Bonchev–Trinajstić information content (AvgIpc) is 2.73. The second-order valence-electron chi connectivity index (χ2n) is 3.94. The molecule has 0 bridgehead atoms. The summed E-state index contributed by atoms with van der Waals surface area (Å²) >= 11 is 0. The molecule has 0 aliphatic carbocycles. The number of aromatic nitrogens is 3. The number of rotatable bonds is 5. The van der Waals surface area contributed by atoms with Gasteiger partial charge in [0.1, 0.15) is 5.82 Å². The van der Waals surface area contributed by atoms with Crippen LogP contribution in [0, 0.1) is 5.21 Å². The van der Waals surface area contributed by atoms with Crippen LogP contribution < -0.4 is 10.9 Å². The van der Waals surface area contributed by atoms with E-state index in [1.807, 2.05) is 0 Å². The smallest absolute Gasteiger partial charge is 0.343 e. The Balaban J connectivity index is 2.19. The largest absolute Gasteiger partial charge is 0.733 e. The predicted molar refractivity (Wildman–Crippen MR) is 66.8 cm³/mol. The molecule has 8 heteroatoms. The van der Waals surface area contributed by atoms with Gasteiger partial charge in [-0.15, -0.1) is 0 Å². The molecule has 8 nitrogen and oxygen atoms in total. The maximum Gasteiger partial charge on any atom is 0.343 e. The van der Waals surface area contributed by atoms with Gasteiger partial charge in [0.15, 0.2) is 0 Å². The van der Waals surface area contributed by atoms with E-state index in [1.54, 1.807) is 12.1 Å². The van der Waals surface area contributed by atoms with Crippen LogP contribution in [0.15, 0.2) is 29.1 Å². The first-order chi connectivity index (χ1) is 9.11. The number of aliphatic hydroxyl groups is 1. The van der Waals surface area contributed by atoms with Gasteiger partial charge in [0, 0.05) is 6.42 Å². The minimum Gasteiger partial charge on any atom is -0.733 e. The van der Waals surface area contributed by atoms with Gasteiger partial charge >= 0.3 is 5.69 Å². The molecule has 0 aliphatic heterocycles. The number of hydrogen-bond donors (Lipinski definition) is 3. The molecule has 0 atom stereocenters. The molecule has 0 amide bonds. The van der Waals surface area contributed by atoms with E-state index in [4.69, 9.17) is 10.3 Å². The van der Waals surface area contributed by atoms with Gasteiger partial charge in [0.25, 0.3) is 0 Å². The number of H-pyrrole nitrogens is 1. The normalized spacial score (nSPS) is 10.7. The molecule has 3 N–H and O–H groups in total. The first-order valence-electron chi connectivity index (χ1n) is 5.62. The van der Waals surface area contributed by atoms with Gasteiger partial charge in [-0.2, -0.15) is 5.10 Å². The third kappa shape index (κ3) is 2.99. The van der Waals surface area contributed by atoms with Crippen molar-refractivity contribution in [3.8, 4) is 0 Å². The Bertz CT molecular complexity index is 587. The molecule has 0 spiro atoms. The lowest BCUT2D eigenvalue weighted by atomic mass is 10.1. The van der Waals surface area contributed by atoms with Gasteiger partial charge in [-0.25, -0.2) is 9.89 Å². The highest BCUT2D eigenvalue weighted by molar-refractivity contribution is 5.45. The fraction of sp³-hybridized carbons (Fsp3) is 0.273. The van der Waals surface area contributed by atoms with Crippen LogP contribution in [0.4, 0.5) is 5.69 Å². The standard InChI is InChI=1S/C11H13N4O4/c16-6-5-14-10(12-13-11(14)17)7-8-1-3-9(4-2-8)15(18)19/h1-4,16,18H,5-7H2,(H,13,17)/q-1. The van der Waals surface area contributed by atoms with Crippen molar-refractivity contribution in [3.63, 3.8) is 0 Å². The summed E-state index contributed by atoms with van der Waals surface area (Å²) in [7, 11) is 0. The van der Waals surface area contributed by atoms with Crippen LogP contribution in [0.2, 0.25) is 0 Å². The van der Waals surface area contributed by atoms with Crippen LogP contribution in [0.25, 0.3) is 0 Å². The molecule has 1 aromatic carbocycles. The van der Waals surface area contributed by atoms with Gasteiger partial charge in [0.2, 0.25) is 0 Å². The minimum atomic E-state index is -0.373. The van der Waals surface area contributed by atoms with E-state index in [0.717, 1.165) is 5.56 Å². The Morgan fingerprint density at radius 1 is 1.37 bits per heavy atom. The number of benzene rings is 1. The van der Waals surface area contributed by atoms with Gasteiger partial charge in [0.05, 0.1) is 18.8 Å². The summed E-state index contributed by atoms with van der Waals surface area (Å²) in [6, 6.07) is 6.23. The fourth-order valence-corrected chi connectivity index (χ4v) is 1.74. The van der Waals surface area contributed by atoms with E-state index in [-0.39, 0.29) is 29.8 Å². The molecule has 0 unspecified atom stereocenters. The Morgan fingerprint density at radius 2 is 2.05 bits per heavy atom. The monoisotopic (exact) mass is 265 g/mol. The predicted octanol–water partition coefficient (Wildman–Crippen LogP) is -0.152. The van der Waals surface area contributed by atoms with Crippen molar-refractivity contribution in [1.82, 2.24) is 14.8 Å². The van der Waals surface area contributed by atoms with E-state index >= 15 is 0 Å². The third-order valence-electron chi connectivity index (χ3n) is 2.68. The van der Waals surface area contributed by atoms with Crippen LogP contribution in [0.3, 0.4) is 0 Å². The molecule has 102 valence electrons. The molecular formula is C11H13N4O4-. The summed E-state index contributed by atoms with van der Waals surface area (Å²) in [5, 5.41) is 34.2. The quantitative estimate of drug-likeness (QED) is 0.647. The van der Waals surface area contributed by atoms with E-state index < -0.39 is 0 Å². The van der Waals surface area contributed by atoms with Gasteiger partial charge in [-0.1, -0.05) is 12.1 Å². The van der Waals surface area contributed by atoms with Crippen molar-refractivity contribution < 1.29 is 10.3 Å². The molecule has 1 aromatic heterocycles. The Kier molecular flexibility index (Phi) is 3.95. The average molecular weight is 265 g/mol. The van der Waals surface area contributed by atoms with Crippen molar-refractivity contribution in [2.45, 2.75) is 13.0 Å². The molecule has 0 radical (unpaired) electrons. The van der Waals surface area contributed by atoms with Gasteiger partial charge in [-0.05, 0) is 17.7 Å². The molecule has 0 saturated heterocycles. The topological polar surface area (TPSA) is 117 Å². The lowest BCUT2D eigenvalue weighted by Gasteiger charge is -2.21. The minimum absolute atomic E-state index is 0.124. The SMILES string of the molecule is O=c1[nH]nc(Cc2ccc(N([O-])O)cc2)n1CCO. The highest BCUT2D eigenvalue weighted by atomic mass is 16.8. The van der Waals surface area contributed by atoms with Crippen LogP contribution in [-0.2, 0) is 13.0 Å². The summed E-state index contributed by atoms with van der Waals surface area (Å²) in [6.07, 6.45) is 0.378. The molecule has 2 aromatic rings. The second-order valence-corrected chi connectivity index (χ2v) is 3.94. The van der Waals surface area contributed by atoms with E-state index in [2.05, 4.69) is 10.2 Å². The molecule has 2 rings (SSSR count). The Morgan fingerprint density at radius 3 is 2.63 bits per heavy atom. The number of nitrogens with zero attached hydrogens (tertiary/aromatic N) is 3. The number of anilines is 1. The molecule has 0 aliphatic rings. The number of aliphatic hydroxyl groups excluding tert-OH is 1. The van der Waals surface area contributed by atoms with Gasteiger partial charge in [-0.3, -0.25) is 9.77 Å². The first kappa shape index (κ1) is 13.3. The zero-order valence-electron chi connectivity index (χ0n) is 9.98. The third-order valence-corrected chi connectivity index (χ3v) is 2.68. The van der Waals surface area contributed by atoms with E-state index in [0.29, 0.717) is 12.2 Å². The molecular weight excluding hydrogens is 252 g/mol. The summed E-state index contributed by atoms with van der Waals surface area (Å²) in [5.41, 5.74) is 0.573. The fourth-order valence-electron chi connectivity index (χ4n) is 1.74. The highest BCUT2D eigenvalue weighted by Gasteiger charge is 2.08. The summed E-state index contributed by atoms with van der Waals surface area (Å²) < 4.78 is 1.35. The Hall–Kier alpha value is -2.16. The maximum atomic E-state index is 11.4. The maximum absolute atomic E-state index is 11.4. The van der Waals surface area contributed by atoms with Crippen LogP contribution >= 0.6 is 0 Å².